The first-order valence-corrected chi connectivity index (χ1v) is 6.30. The number of amides is 1. The van der Waals surface area contributed by atoms with Crippen LogP contribution in [0.3, 0.4) is 0 Å². The minimum absolute atomic E-state index is 0.0765. The van der Waals surface area contributed by atoms with Crippen LogP contribution < -0.4 is 10.6 Å². The van der Waals surface area contributed by atoms with Crippen LogP contribution in [0.2, 0.25) is 5.02 Å². The summed E-state index contributed by atoms with van der Waals surface area (Å²) in [6.07, 6.45) is 2.07. The molecule has 19 heavy (non-hydrogen) atoms. The third-order valence-electron chi connectivity index (χ3n) is 3.17. The van der Waals surface area contributed by atoms with Gasteiger partial charge in [0.1, 0.15) is 5.82 Å². The van der Waals surface area contributed by atoms with Crippen molar-refractivity contribution in [3.63, 3.8) is 0 Å². The molecule has 0 unspecified atom stereocenters. The maximum absolute atomic E-state index is 12.1. The Morgan fingerprint density at radius 3 is 2.95 bits per heavy atom. The molecule has 1 amide bonds. The summed E-state index contributed by atoms with van der Waals surface area (Å²) in [5.41, 5.74) is 8.50. The molecule has 96 valence electrons. The van der Waals surface area contributed by atoms with Gasteiger partial charge in [-0.2, -0.15) is 0 Å². The van der Waals surface area contributed by atoms with Gasteiger partial charge in [0.2, 0.25) is 5.91 Å². The van der Waals surface area contributed by atoms with Gasteiger partial charge in [-0.15, -0.1) is 0 Å². The molecule has 0 spiro atoms. The molecule has 0 fully saturated rings. The van der Waals surface area contributed by atoms with Gasteiger partial charge in [0.05, 0.1) is 13.0 Å². The predicted octanol–water partition coefficient (Wildman–Crippen LogP) is 2.41. The molecule has 0 radical (unpaired) electrons. The first-order chi connectivity index (χ1) is 9.13. The highest BCUT2D eigenvalue weighted by Crippen LogP contribution is 2.32. The molecule has 3 rings (SSSR count). The van der Waals surface area contributed by atoms with Crippen LogP contribution in [0.1, 0.15) is 11.1 Å². The minimum Gasteiger partial charge on any atom is -0.384 e. The molecule has 1 aromatic carbocycles. The number of rotatable bonds is 2. The number of halogens is 1. The zero-order valence-electron chi connectivity index (χ0n) is 10.1. The van der Waals surface area contributed by atoms with Gasteiger partial charge in [0, 0.05) is 16.9 Å². The normalized spacial score (nSPS) is 13.7. The second-order valence-corrected chi connectivity index (χ2v) is 4.96. The number of carbonyl (C=O) groups is 1. The number of aromatic nitrogens is 1. The molecule has 4 nitrogen and oxygen atoms in total. The SMILES string of the molecule is Nc1cc(CN2C(=O)Cc3ccc(Cl)cc32)ccn1. The number of carbonyl (C=O) groups excluding carboxylic acids is 1. The summed E-state index contributed by atoms with van der Waals surface area (Å²) in [6, 6.07) is 9.16. The van der Waals surface area contributed by atoms with E-state index in [0.717, 1.165) is 16.8 Å². The van der Waals surface area contributed by atoms with Gasteiger partial charge in [-0.25, -0.2) is 4.98 Å². The Morgan fingerprint density at radius 1 is 1.32 bits per heavy atom. The topological polar surface area (TPSA) is 59.2 Å². The van der Waals surface area contributed by atoms with Gasteiger partial charge in [0.25, 0.3) is 0 Å². The minimum atomic E-state index is 0.0765. The van der Waals surface area contributed by atoms with Crippen molar-refractivity contribution < 1.29 is 4.79 Å². The Hall–Kier alpha value is -2.07. The summed E-state index contributed by atoms with van der Waals surface area (Å²) in [4.78, 5) is 17.7. The first kappa shape index (κ1) is 12.0. The zero-order valence-corrected chi connectivity index (χ0v) is 10.9. The highest BCUT2D eigenvalue weighted by molar-refractivity contribution is 6.31. The quantitative estimate of drug-likeness (QED) is 0.914. The van der Waals surface area contributed by atoms with E-state index < -0.39 is 0 Å². The lowest BCUT2D eigenvalue weighted by Crippen LogP contribution is -2.26. The lowest BCUT2D eigenvalue weighted by atomic mass is 10.2. The van der Waals surface area contributed by atoms with Crippen molar-refractivity contribution in [2.24, 2.45) is 0 Å². The lowest BCUT2D eigenvalue weighted by molar-refractivity contribution is -0.117. The van der Waals surface area contributed by atoms with Gasteiger partial charge in [-0.1, -0.05) is 17.7 Å². The van der Waals surface area contributed by atoms with Crippen LogP contribution >= 0.6 is 11.6 Å². The highest BCUT2D eigenvalue weighted by atomic mass is 35.5. The fourth-order valence-corrected chi connectivity index (χ4v) is 2.45. The Balaban J connectivity index is 1.94. The molecule has 0 aliphatic carbocycles. The molecule has 5 heteroatoms. The molecular formula is C14H12ClN3O. The van der Waals surface area contributed by atoms with Gasteiger partial charge < -0.3 is 10.6 Å². The molecule has 2 aromatic rings. The number of fused-ring (bicyclic) bond motifs is 1. The summed E-state index contributed by atoms with van der Waals surface area (Å²) in [5, 5.41) is 0.632. The van der Waals surface area contributed by atoms with Crippen molar-refractivity contribution in [1.82, 2.24) is 4.98 Å². The number of nitrogen functional groups attached to an aromatic ring is 1. The Bertz CT molecular complexity index is 657. The number of anilines is 2. The number of nitrogens with two attached hydrogens (primary N) is 1. The number of benzene rings is 1. The van der Waals surface area contributed by atoms with Crippen LogP contribution in [-0.2, 0) is 17.8 Å². The number of pyridine rings is 1. The van der Waals surface area contributed by atoms with Crippen molar-refractivity contribution in [2.75, 3.05) is 10.6 Å². The van der Waals surface area contributed by atoms with Gasteiger partial charge in [-0.05, 0) is 35.4 Å². The van der Waals surface area contributed by atoms with Crippen LogP contribution in [0.15, 0.2) is 36.5 Å². The second-order valence-electron chi connectivity index (χ2n) is 4.52. The van der Waals surface area contributed by atoms with E-state index in [-0.39, 0.29) is 5.91 Å². The third-order valence-corrected chi connectivity index (χ3v) is 3.40. The van der Waals surface area contributed by atoms with Crippen LogP contribution in [0, 0.1) is 0 Å². The van der Waals surface area contributed by atoms with E-state index in [0.29, 0.717) is 23.8 Å². The standard InChI is InChI=1S/C14H12ClN3O/c15-11-2-1-10-6-14(19)18(12(10)7-11)8-9-3-4-17-13(16)5-9/h1-5,7H,6,8H2,(H2,16,17). The van der Waals surface area contributed by atoms with E-state index in [4.69, 9.17) is 17.3 Å². The van der Waals surface area contributed by atoms with Gasteiger partial charge >= 0.3 is 0 Å². The van der Waals surface area contributed by atoms with Crippen molar-refractivity contribution in [3.8, 4) is 0 Å². The number of hydrogen-bond donors (Lipinski definition) is 1. The summed E-state index contributed by atoms with van der Waals surface area (Å²) < 4.78 is 0. The van der Waals surface area contributed by atoms with Gasteiger partial charge in [0.15, 0.2) is 0 Å². The van der Waals surface area contributed by atoms with Crippen molar-refractivity contribution in [3.05, 3.63) is 52.7 Å². The second kappa shape index (κ2) is 4.55. The summed E-state index contributed by atoms with van der Waals surface area (Å²) >= 11 is 6.00. The number of hydrogen-bond acceptors (Lipinski definition) is 3. The van der Waals surface area contributed by atoms with E-state index >= 15 is 0 Å². The molecule has 1 aromatic heterocycles. The summed E-state index contributed by atoms with van der Waals surface area (Å²) in [6.45, 7) is 0.485. The number of nitrogens with zero attached hydrogens (tertiary/aromatic N) is 2. The molecule has 0 bridgehead atoms. The summed E-state index contributed by atoms with van der Waals surface area (Å²) in [5.74, 6) is 0.531. The van der Waals surface area contributed by atoms with E-state index in [9.17, 15) is 4.79 Å². The largest absolute Gasteiger partial charge is 0.384 e. The molecular weight excluding hydrogens is 262 g/mol. The fourth-order valence-electron chi connectivity index (χ4n) is 2.28. The zero-order chi connectivity index (χ0) is 13.4. The van der Waals surface area contributed by atoms with Crippen molar-refractivity contribution >= 4 is 29.0 Å². The smallest absolute Gasteiger partial charge is 0.231 e. The van der Waals surface area contributed by atoms with Crippen molar-refractivity contribution in [1.29, 1.82) is 0 Å². The van der Waals surface area contributed by atoms with Crippen LogP contribution in [-0.4, -0.2) is 10.9 Å². The van der Waals surface area contributed by atoms with Crippen LogP contribution in [0.4, 0.5) is 11.5 Å². The van der Waals surface area contributed by atoms with Crippen LogP contribution in [0.25, 0.3) is 0 Å². The Morgan fingerprint density at radius 2 is 2.16 bits per heavy atom. The maximum Gasteiger partial charge on any atom is 0.231 e. The highest BCUT2D eigenvalue weighted by Gasteiger charge is 2.27. The van der Waals surface area contributed by atoms with E-state index in [1.54, 1.807) is 17.2 Å². The Kier molecular flexibility index (Phi) is 2.87. The molecule has 2 N–H and O–H groups in total. The molecule has 0 saturated heterocycles. The Labute approximate surface area is 115 Å². The van der Waals surface area contributed by atoms with Crippen LogP contribution in [0.5, 0.6) is 0 Å². The molecule has 0 saturated carbocycles. The molecule has 2 heterocycles. The monoisotopic (exact) mass is 273 g/mol. The average Bonchev–Trinajstić information content (AvgIpc) is 2.66. The lowest BCUT2D eigenvalue weighted by Gasteiger charge is -2.17. The molecule has 1 aliphatic heterocycles. The maximum atomic E-state index is 12.1. The first-order valence-electron chi connectivity index (χ1n) is 5.93. The van der Waals surface area contributed by atoms with E-state index in [1.165, 1.54) is 0 Å². The van der Waals surface area contributed by atoms with Gasteiger partial charge in [-0.3, -0.25) is 4.79 Å². The van der Waals surface area contributed by atoms with E-state index in [1.807, 2.05) is 24.3 Å². The third kappa shape index (κ3) is 2.27. The molecule has 0 atom stereocenters. The average molecular weight is 274 g/mol. The summed E-state index contributed by atoms with van der Waals surface area (Å²) in [7, 11) is 0. The van der Waals surface area contributed by atoms with Crippen molar-refractivity contribution in [2.45, 2.75) is 13.0 Å². The predicted molar refractivity (Wildman–Crippen MR) is 75.0 cm³/mol. The molecule has 1 aliphatic rings. The van der Waals surface area contributed by atoms with E-state index in [2.05, 4.69) is 4.98 Å². The fraction of sp³-hybridized carbons (Fsp3) is 0.143.